The highest BCUT2D eigenvalue weighted by Gasteiger charge is 2.40. The summed E-state index contributed by atoms with van der Waals surface area (Å²) in [5, 5.41) is 4.29. The van der Waals surface area contributed by atoms with Gasteiger partial charge in [-0.05, 0) is 74.0 Å². The monoisotopic (exact) mass is 439 g/mol. The first-order chi connectivity index (χ1) is 11.5. The van der Waals surface area contributed by atoms with E-state index in [0.717, 1.165) is 15.4 Å². The van der Waals surface area contributed by atoms with Gasteiger partial charge in [-0.15, -0.1) is 0 Å². The van der Waals surface area contributed by atoms with E-state index in [4.69, 9.17) is 10.7 Å². The Balaban J connectivity index is 1.72. The zero-order valence-corrected chi connectivity index (χ0v) is 16.1. The van der Waals surface area contributed by atoms with E-state index in [0.29, 0.717) is 24.0 Å². The molecule has 0 saturated heterocycles. The molecule has 2 heterocycles. The van der Waals surface area contributed by atoms with Crippen molar-refractivity contribution in [1.29, 1.82) is 0 Å². The van der Waals surface area contributed by atoms with Crippen molar-refractivity contribution in [3.8, 4) is 5.95 Å². The Morgan fingerprint density at radius 2 is 1.75 bits per heavy atom. The molecule has 0 radical (unpaired) electrons. The van der Waals surface area contributed by atoms with Gasteiger partial charge in [0.05, 0.1) is 9.77 Å². The quantitative estimate of drug-likeness (QED) is 0.697. The maximum absolute atomic E-state index is 5.99. The van der Waals surface area contributed by atoms with Crippen LogP contribution in [0.25, 0.3) is 5.95 Å². The molecule has 0 aliphatic heterocycles. The lowest BCUT2D eigenvalue weighted by Crippen LogP contribution is -2.44. The van der Waals surface area contributed by atoms with Crippen LogP contribution in [0.3, 0.4) is 0 Å². The third-order valence-electron chi connectivity index (χ3n) is 5.10. The minimum Gasteiger partial charge on any atom is -0.368 e. The number of halogens is 1. The van der Waals surface area contributed by atoms with E-state index in [1.54, 1.807) is 10.9 Å². The van der Waals surface area contributed by atoms with Crippen molar-refractivity contribution < 1.29 is 0 Å². The van der Waals surface area contributed by atoms with E-state index in [2.05, 4.69) is 56.4 Å². The van der Waals surface area contributed by atoms with Gasteiger partial charge in [0.25, 0.3) is 5.95 Å². The van der Waals surface area contributed by atoms with E-state index in [9.17, 15) is 0 Å². The van der Waals surface area contributed by atoms with Crippen LogP contribution in [0.15, 0.2) is 12.4 Å². The van der Waals surface area contributed by atoms with Crippen LogP contribution in [0, 0.1) is 15.4 Å². The first-order valence-electron chi connectivity index (χ1n) is 8.53. The minimum atomic E-state index is 0.247. The zero-order valence-electron chi connectivity index (χ0n) is 13.9. The summed E-state index contributed by atoms with van der Waals surface area (Å²) < 4.78 is 2.69. The predicted molar refractivity (Wildman–Crippen MR) is 101 cm³/mol. The number of hydrogen-bond donors (Lipinski definition) is 1. The SMILES string of the molecule is C[C@H](C1CC1)N(c1nc(N)nc(-n2cc(I)cn2)n1)[C@H](C)C1CC1. The summed E-state index contributed by atoms with van der Waals surface area (Å²) >= 11 is 2.22. The van der Waals surface area contributed by atoms with Crippen molar-refractivity contribution in [3.05, 3.63) is 16.0 Å². The number of hydrogen-bond acceptors (Lipinski definition) is 6. The molecule has 8 heteroatoms. The molecular weight excluding hydrogens is 417 g/mol. The van der Waals surface area contributed by atoms with Gasteiger partial charge in [-0.2, -0.15) is 20.1 Å². The summed E-state index contributed by atoms with van der Waals surface area (Å²) in [6.45, 7) is 4.57. The van der Waals surface area contributed by atoms with Crippen LogP contribution < -0.4 is 10.6 Å². The van der Waals surface area contributed by atoms with Crippen molar-refractivity contribution in [2.24, 2.45) is 11.8 Å². The van der Waals surface area contributed by atoms with Gasteiger partial charge in [-0.25, -0.2) is 4.68 Å². The fourth-order valence-electron chi connectivity index (χ4n) is 3.34. The molecular formula is C16H22IN7. The van der Waals surface area contributed by atoms with Crippen LogP contribution in [-0.4, -0.2) is 36.8 Å². The van der Waals surface area contributed by atoms with Gasteiger partial charge < -0.3 is 10.6 Å². The maximum Gasteiger partial charge on any atom is 0.257 e. The molecule has 2 saturated carbocycles. The second kappa shape index (κ2) is 6.12. The van der Waals surface area contributed by atoms with Crippen LogP contribution in [0.2, 0.25) is 0 Å². The molecule has 2 N–H and O–H groups in total. The van der Waals surface area contributed by atoms with Crippen LogP contribution >= 0.6 is 22.6 Å². The zero-order chi connectivity index (χ0) is 16.8. The Bertz CT molecular complexity index is 720. The standard InChI is InChI=1S/C16H22IN7/c1-9(11-3-4-11)24(10(2)12-5-6-12)16-21-14(18)20-15(22-16)23-8-13(17)7-19-23/h7-12H,3-6H2,1-2H3,(H2,18,20,21,22)/t9-,10-/m1/s1. The van der Waals surface area contributed by atoms with Crippen LogP contribution in [0.5, 0.6) is 0 Å². The van der Waals surface area contributed by atoms with Gasteiger partial charge in [0.1, 0.15) is 0 Å². The Kier molecular flexibility index (Phi) is 4.09. The molecule has 0 spiro atoms. The van der Waals surface area contributed by atoms with E-state index in [1.807, 2.05) is 6.20 Å². The number of aromatic nitrogens is 5. The van der Waals surface area contributed by atoms with E-state index in [-0.39, 0.29) is 5.95 Å². The maximum atomic E-state index is 5.99. The van der Waals surface area contributed by atoms with Gasteiger partial charge in [0.15, 0.2) is 0 Å². The fourth-order valence-corrected chi connectivity index (χ4v) is 3.73. The highest BCUT2D eigenvalue weighted by molar-refractivity contribution is 14.1. The van der Waals surface area contributed by atoms with Crippen molar-refractivity contribution in [1.82, 2.24) is 24.7 Å². The molecule has 7 nitrogen and oxygen atoms in total. The molecule has 128 valence electrons. The van der Waals surface area contributed by atoms with Crippen LogP contribution in [0.1, 0.15) is 39.5 Å². The van der Waals surface area contributed by atoms with Gasteiger partial charge >= 0.3 is 0 Å². The average molecular weight is 439 g/mol. The minimum absolute atomic E-state index is 0.247. The Morgan fingerprint density at radius 1 is 1.12 bits per heavy atom. The molecule has 0 amide bonds. The molecule has 24 heavy (non-hydrogen) atoms. The van der Waals surface area contributed by atoms with Gasteiger partial charge in [0, 0.05) is 18.3 Å². The second-order valence-electron chi connectivity index (χ2n) is 6.96. The largest absolute Gasteiger partial charge is 0.368 e. The Hall–Kier alpha value is -1.45. The molecule has 2 aliphatic rings. The molecule has 2 fully saturated rings. The smallest absolute Gasteiger partial charge is 0.257 e. The molecule has 2 atom stereocenters. The van der Waals surface area contributed by atoms with Crippen LogP contribution in [0.4, 0.5) is 11.9 Å². The lowest BCUT2D eigenvalue weighted by molar-refractivity contribution is 0.466. The predicted octanol–water partition coefficient (Wildman–Crippen LogP) is 2.65. The van der Waals surface area contributed by atoms with E-state index < -0.39 is 0 Å². The average Bonchev–Trinajstić information content (AvgIpc) is 3.45. The summed E-state index contributed by atoms with van der Waals surface area (Å²) in [6.07, 6.45) is 8.83. The second-order valence-corrected chi connectivity index (χ2v) is 8.21. The molecule has 2 aliphatic carbocycles. The molecule has 0 aromatic carbocycles. The Morgan fingerprint density at radius 3 is 2.25 bits per heavy atom. The van der Waals surface area contributed by atoms with Crippen molar-refractivity contribution in [3.63, 3.8) is 0 Å². The fraction of sp³-hybridized carbons (Fsp3) is 0.625. The first kappa shape index (κ1) is 16.0. The van der Waals surface area contributed by atoms with Crippen molar-refractivity contribution >= 4 is 34.5 Å². The van der Waals surface area contributed by atoms with E-state index in [1.165, 1.54) is 25.7 Å². The highest BCUT2D eigenvalue weighted by Crippen LogP contribution is 2.42. The topological polar surface area (TPSA) is 85.8 Å². The van der Waals surface area contributed by atoms with Gasteiger partial charge in [0.2, 0.25) is 11.9 Å². The molecule has 0 unspecified atom stereocenters. The summed E-state index contributed by atoms with van der Waals surface area (Å²) in [4.78, 5) is 15.8. The van der Waals surface area contributed by atoms with Gasteiger partial charge in [-0.1, -0.05) is 0 Å². The summed E-state index contributed by atoms with van der Waals surface area (Å²) in [5.41, 5.74) is 5.99. The molecule has 2 aromatic rings. The number of nitrogen functional groups attached to an aromatic ring is 1. The van der Waals surface area contributed by atoms with Gasteiger partial charge in [-0.3, -0.25) is 0 Å². The third kappa shape index (κ3) is 3.20. The first-order valence-corrected chi connectivity index (χ1v) is 9.61. The lowest BCUT2D eigenvalue weighted by atomic mass is 10.1. The number of nitrogens with two attached hydrogens (primary N) is 1. The molecule has 0 bridgehead atoms. The highest BCUT2D eigenvalue weighted by atomic mass is 127. The summed E-state index contributed by atoms with van der Waals surface area (Å²) in [7, 11) is 0. The number of rotatable bonds is 6. The van der Waals surface area contributed by atoms with E-state index >= 15 is 0 Å². The normalized spacial score (nSPS) is 20.0. The molecule has 4 rings (SSSR count). The number of anilines is 2. The summed E-state index contributed by atoms with van der Waals surface area (Å²) in [6, 6.07) is 0.848. The lowest BCUT2D eigenvalue weighted by Gasteiger charge is -2.35. The third-order valence-corrected chi connectivity index (χ3v) is 5.66. The van der Waals surface area contributed by atoms with Crippen molar-refractivity contribution in [2.75, 3.05) is 10.6 Å². The Labute approximate surface area is 155 Å². The summed E-state index contributed by atoms with van der Waals surface area (Å²) in [5.74, 6) is 2.88. The van der Waals surface area contributed by atoms with Crippen LogP contribution in [-0.2, 0) is 0 Å². The van der Waals surface area contributed by atoms with Crippen molar-refractivity contribution in [2.45, 2.75) is 51.6 Å². The molecule has 2 aromatic heterocycles. The number of nitrogens with zero attached hydrogens (tertiary/aromatic N) is 6.